The zero-order valence-corrected chi connectivity index (χ0v) is 13.0. The standard InChI is InChI=1S/C16H26NO2/c1-7-17(5,6)11-16(18)19-15-10-14(12(2)3)9-8-13(15)4/h8-10,12H,7,11H2,1-6H3/q+1. The molecule has 106 valence electrons. The van der Waals surface area contributed by atoms with Gasteiger partial charge in [0.2, 0.25) is 0 Å². The minimum absolute atomic E-state index is 0.171. The fourth-order valence-electron chi connectivity index (χ4n) is 1.70. The maximum atomic E-state index is 12.0. The molecule has 19 heavy (non-hydrogen) atoms. The van der Waals surface area contributed by atoms with Crippen molar-refractivity contribution in [3.8, 4) is 5.75 Å². The lowest BCUT2D eigenvalue weighted by atomic mass is 10.0. The Morgan fingerprint density at radius 1 is 1.32 bits per heavy atom. The van der Waals surface area contributed by atoms with Crippen LogP contribution in [0.1, 0.15) is 37.8 Å². The monoisotopic (exact) mass is 264 g/mol. The third kappa shape index (κ3) is 4.67. The summed E-state index contributed by atoms with van der Waals surface area (Å²) in [6.07, 6.45) is 0. The molecule has 0 bridgehead atoms. The summed E-state index contributed by atoms with van der Waals surface area (Å²) in [4.78, 5) is 12.0. The maximum Gasteiger partial charge on any atom is 0.367 e. The van der Waals surface area contributed by atoms with Gasteiger partial charge in [0.05, 0.1) is 20.6 Å². The van der Waals surface area contributed by atoms with E-state index in [1.165, 1.54) is 5.56 Å². The number of esters is 1. The summed E-state index contributed by atoms with van der Waals surface area (Å²) in [7, 11) is 4.05. The number of ether oxygens (including phenoxy) is 1. The molecule has 0 saturated heterocycles. The van der Waals surface area contributed by atoms with Gasteiger partial charge in [-0.2, -0.15) is 0 Å². The SMILES string of the molecule is CC[N+](C)(C)CC(=O)Oc1cc(C(C)C)ccc1C. The molecular weight excluding hydrogens is 238 g/mol. The molecule has 0 amide bonds. The molecule has 3 nitrogen and oxygen atoms in total. The molecule has 0 N–H and O–H groups in total. The molecule has 1 rings (SSSR count). The first-order valence-electron chi connectivity index (χ1n) is 6.88. The first-order valence-corrected chi connectivity index (χ1v) is 6.88. The molecule has 0 saturated carbocycles. The lowest BCUT2D eigenvalue weighted by molar-refractivity contribution is -0.881. The molecule has 0 aliphatic carbocycles. The van der Waals surface area contributed by atoms with Gasteiger partial charge in [0.15, 0.2) is 6.54 Å². The van der Waals surface area contributed by atoms with Crippen molar-refractivity contribution < 1.29 is 14.0 Å². The fourth-order valence-corrected chi connectivity index (χ4v) is 1.70. The number of benzene rings is 1. The minimum atomic E-state index is -0.171. The molecule has 0 atom stereocenters. The average molecular weight is 264 g/mol. The van der Waals surface area contributed by atoms with E-state index in [1.807, 2.05) is 33.2 Å². The van der Waals surface area contributed by atoms with Crippen LogP contribution in [0.25, 0.3) is 0 Å². The number of likely N-dealkylation sites (N-methyl/N-ethyl adjacent to an activating group) is 1. The molecule has 0 radical (unpaired) electrons. The quantitative estimate of drug-likeness (QED) is 0.464. The van der Waals surface area contributed by atoms with Crippen molar-refractivity contribution >= 4 is 5.97 Å². The number of nitrogens with zero attached hydrogens (tertiary/aromatic N) is 1. The van der Waals surface area contributed by atoms with Gasteiger partial charge in [-0.25, -0.2) is 4.79 Å². The Hall–Kier alpha value is -1.35. The van der Waals surface area contributed by atoms with E-state index in [-0.39, 0.29) is 5.97 Å². The normalized spacial score (nSPS) is 11.7. The van der Waals surface area contributed by atoms with Crippen LogP contribution in [0.4, 0.5) is 0 Å². The number of rotatable bonds is 5. The van der Waals surface area contributed by atoms with Crippen LogP contribution in [0.15, 0.2) is 18.2 Å². The second-order valence-corrected chi connectivity index (χ2v) is 6.06. The Balaban J connectivity index is 2.82. The first-order chi connectivity index (χ1) is 8.75. The van der Waals surface area contributed by atoms with Crippen molar-refractivity contribution in [3.05, 3.63) is 29.3 Å². The van der Waals surface area contributed by atoms with Crippen LogP contribution < -0.4 is 4.74 Å². The Morgan fingerprint density at radius 2 is 1.95 bits per heavy atom. The molecule has 0 fully saturated rings. The van der Waals surface area contributed by atoms with Crippen LogP contribution in [0, 0.1) is 6.92 Å². The van der Waals surface area contributed by atoms with Gasteiger partial charge in [-0.3, -0.25) is 0 Å². The zero-order chi connectivity index (χ0) is 14.6. The molecule has 0 spiro atoms. The highest BCUT2D eigenvalue weighted by Gasteiger charge is 2.20. The summed E-state index contributed by atoms with van der Waals surface area (Å²) in [6, 6.07) is 6.07. The molecule has 3 heteroatoms. The van der Waals surface area contributed by atoms with Crippen molar-refractivity contribution in [3.63, 3.8) is 0 Å². The van der Waals surface area contributed by atoms with E-state index in [0.717, 1.165) is 12.1 Å². The van der Waals surface area contributed by atoms with E-state index in [4.69, 9.17) is 4.74 Å². The van der Waals surface area contributed by atoms with Crippen LogP contribution >= 0.6 is 0 Å². The zero-order valence-electron chi connectivity index (χ0n) is 13.0. The summed E-state index contributed by atoms with van der Waals surface area (Å²) in [5.41, 5.74) is 2.19. The minimum Gasteiger partial charge on any atom is -0.422 e. The highest BCUT2D eigenvalue weighted by Crippen LogP contribution is 2.24. The van der Waals surface area contributed by atoms with Crippen molar-refractivity contribution in [2.24, 2.45) is 0 Å². The van der Waals surface area contributed by atoms with Gasteiger partial charge in [-0.1, -0.05) is 26.0 Å². The van der Waals surface area contributed by atoms with Crippen molar-refractivity contribution in [1.29, 1.82) is 0 Å². The van der Waals surface area contributed by atoms with Crippen molar-refractivity contribution in [2.75, 3.05) is 27.2 Å². The van der Waals surface area contributed by atoms with Crippen molar-refractivity contribution in [2.45, 2.75) is 33.6 Å². The molecule has 1 aromatic rings. The van der Waals surface area contributed by atoms with Crippen LogP contribution in [0.2, 0.25) is 0 Å². The number of quaternary nitrogens is 1. The number of carbonyl (C=O) groups excluding carboxylic acids is 1. The van der Waals surface area contributed by atoms with Gasteiger partial charge >= 0.3 is 5.97 Å². The largest absolute Gasteiger partial charge is 0.422 e. The van der Waals surface area contributed by atoms with Gasteiger partial charge in [-0.15, -0.1) is 0 Å². The van der Waals surface area contributed by atoms with E-state index < -0.39 is 0 Å². The topological polar surface area (TPSA) is 26.3 Å². The smallest absolute Gasteiger partial charge is 0.367 e. The van der Waals surface area contributed by atoms with E-state index in [0.29, 0.717) is 22.7 Å². The third-order valence-electron chi connectivity index (χ3n) is 3.52. The highest BCUT2D eigenvalue weighted by molar-refractivity contribution is 5.74. The van der Waals surface area contributed by atoms with Gasteiger partial charge in [0, 0.05) is 0 Å². The Morgan fingerprint density at radius 3 is 2.47 bits per heavy atom. The lowest BCUT2D eigenvalue weighted by Crippen LogP contribution is -2.44. The predicted octanol–water partition coefficient (Wildman–Crippen LogP) is 3.12. The summed E-state index contributed by atoms with van der Waals surface area (Å²) >= 11 is 0. The first kappa shape index (κ1) is 15.7. The van der Waals surface area contributed by atoms with Gasteiger partial charge in [-0.05, 0) is 37.0 Å². The third-order valence-corrected chi connectivity index (χ3v) is 3.52. The van der Waals surface area contributed by atoms with Gasteiger partial charge < -0.3 is 9.22 Å². The summed E-state index contributed by atoms with van der Waals surface area (Å²) < 4.78 is 6.16. The number of carbonyl (C=O) groups is 1. The van der Waals surface area contributed by atoms with Crippen LogP contribution in [-0.4, -0.2) is 37.6 Å². The Labute approximate surface area is 116 Å². The second kappa shape index (κ2) is 6.20. The highest BCUT2D eigenvalue weighted by atomic mass is 16.5. The van der Waals surface area contributed by atoms with Crippen LogP contribution in [0.3, 0.4) is 0 Å². The predicted molar refractivity (Wildman–Crippen MR) is 78.4 cm³/mol. The second-order valence-electron chi connectivity index (χ2n) is 6.06. The fraction of sp³-hybridized carbons (Fsp3) is 0.562. The van der Waals surface area contributed by atoms with Crippen LogP contribution in [0.5, 0.6) is 5.75 Å². The molecule has 1 aromatic carbocycles. The van der Waals surface area contributed by atoms with E-state index >= 15 is 0 Å². The number of aryl methyl sites for hydroxylation is 1. The maximum absolute atomic E-state index is 12.0. The van der Waals surface area contributed by atoms with E-state index in [9.17, 15) is 4.79 Å². The molecule has 0 aliphatic rings. The van der Waals surface area contributed by atoms with E-state index in [2.05, 4.69) is 26.8 Å². The Kier molecular flexibility index (Phi) is 5.12. The van der Waals surface area contributed by atoms with Crippen LogP contribution in [-0.2, 0) is 4.79 Å². The summed E-state index contributed by atoms with van der Waals surface area (Å²) in [6.45, 7) is 9.59. The van der Waals surface area contributed by atoms with Gasteiger partial charge in [0.1, 0.15) is 5.75 Å². The van der Waals surface area contributed by atoms with E-state index in [1.54, 1.807) is 0 Å². The molecule has 0 heterocycles. The molecule has 0 unspecified atom stereocenters. The Bertz CT molecular complexity index is 450. The molecule has 0 aliphatic heterocycles. The average Bonchev–Trinajstić information content (AvgIpc) is 2.31. The summed E-state index contributed by atoms with van der Waals surface area (Å²) in [5.74, 6) is 0.948. The molecule has 0 aromatic heterocycles. The van der Waals surface area contributed by atoms with Gasteiger partial charge in [0.25, 0.3) is 0 Å². The lowest BCUT2D eigenvalue weighted by Gasteiger charge is -2.26. The van der Waals surface area contributed by atoms with Crippen molar-refractivity contribution in [1.82, 2.24) is 0 Å². The molecular formula is C16H26NO2+. The summed E-state index contributed by atoms with van der Waals surface area (Å²) in [5, 5.41) is 0. The number of hydrogen-bond acceptors (Lipinski definition) is 2. The number of hydrogen-bond donors (Lipinski definition) is 0.